The maximum Gasteiger partial charge on any atom is 0.181 e. The molecule has 1 atom stereocenters. The molecule has 72 valence electrons. The van der Waals surface area contributed by atoms with Crippen molar-refractivity contribution < 1.29 is 4.73 Å². The quantitative estimate of drug-likeness (QED) is 0.421. The molecule has 13 heavy (non-hydrogen) atoms. The summed E-state index contributed by atoms with van der Waals surface area (Å²) in [5.74, 6) is 1.86. The molecule has 2 nitrogen and oxygen atoms in total. The Balaban J connectivity index is 2.41. The molecule has 0 bridgehead atoms. The average molecular weight is 197 g/mol. The lowest BCUT2D eigenvalue weighted by Crippen LogP contribution is -2.23. The Hall–Kier alpha value is -0.700. The van der Waals surface area contributed by atoms with E-state index in [0.717, 1.165) is 16.4 Å². The van der Waals surface area contributed by atoms with Crippen molar-refractivity contribution in [2.45, 2.75) is 25.2 Å². The van der Waals surface area contributed by atoms with Gasteiger partial charge in [0, 0.05) is 22.8 Å². The molecule has 1 aromatic rings. The molecule has 0 aliphatic carbocycles. The summed E-state index contributed by atoms with van der Waals surface area (Å²) in [6, 6.07) is 3.72. The topological polar surface area (TPSA) is 26.9 Å². The van der Waals surface area contributed by atoms with Gasteiger partial charge in [-0.1, -0.05) is 20.3 Å². The van der Waals surface area contributed by atoms with Crippen molar-refractivity contribution in [3.05, 3.63) is 29.7 Å². The molecule has 0 unspecified atom stereocenters. The minimum atomic E-state index is 0.740. The van der Waals surface area contributed by atoms with Crippen LogP contribution >= 0.6 is 11.8 Å². The van der Waals surface area contributed by atoms with E-state index in [9.17, 15) is 5.21 Å². The number of thioether (sulfide) groups is 1. The largest absolute Gasteiger partial charge is 0.619 e. The van der Waals surface area contributed by atoms with E-state index in [-0.39, 0.29) is 0 Å². The van der Waals surface area contributed by atoms with Crippen LogP contribution in [0.2, 0.25) is 0 Å². The fourth-order valence-corrected chi connectivity index (χ4v) is 1.88. The minimum Gasteiger partial charge on any atom is -0.619 e. The Kier molecular flexibility index (Phi) is 4.09. The molecule has 0 N–H and O–H groups in total. The summed E-state index contributed by atoms with van der Waals surface area (Å²) in [6.45, 7) is 4.44. The summed E-state index contributed by atoms with van der Waals surface area (Å²) >= 11 is 1.81. The SMILES string of the molecule is CC[C@@H](C)CSc1cc[n+]([O-])cc1. The first-order valence-corrected chi connectivity index (χ1v) is 5.52. The summed E-state index contributed by atoms with van der Waals surface area (Å²) in [4.78, 5) is 1.17. The van der Waals surface area contributed by atoms with Gasteiger partial charge in [0.1, 0.15) is 0 Å². The molecule has 0 aliphatic rings. The van der Waals surface area contributed by atoms with Crippen molar-refractivity contribution in [2.24, 2.45) is 5.92 Å². The second kappa shape index (κ2) is 5.12. The lowest BCUT2D eigenvalue weighted by Gasteiger charge is -2.06. The summed E-state index contributed by atoms with van der Waals surface area (Å²) in [5.41, 5.74) is 0. The van der Waals surface area contributed by atoms with Crippen LogP contribution in [-0.2, 0) is 0 Å². The fraction of sp³-hybridized carbons (Fsp3) is 0.500. The van der Waals surface area contributed by atoms with Gasteiger partial charge in [-0.05, 0) is 5.92 Å². The number of rotatable bonds is 4. The zero-order valence-corrected chi connectivity index (χ0v) is 8.88. The third-order valence-electron chi connectivity index (χ3n) is 2.00. The molecule has 0 aliphatic heterocycles. The van der Waals surface area contributed by atoms with Crippen LogP contribution in [-0.4, -0.2) is 5.75 Å². The summed E-state index contributed by atoms with van der Waals surface area (Å²) in [5, 5.41) is 10.7. The minimum absolute atomic E-state index is 0.740. The van der Waals surface area contributed by atoms with E-state index in [0.29, 0.717) is 0 Å². The molecule has 0 radical (unpaired) electrons. The summed E-state index contributed by atoms with van der Waals surface area (Å²) < 4.78 is 0.813. The van der Waals surface area contributed by atoms with Crippen LogP contribution in [0.15, 0.2) is 29.4 Å². The first-order chi connectivity index (χ1) is 6.22. The molecule has 1 heterocycles. The van der Waals surface area contributed by atoms with Gasteiger partial charge in [-0.15, -0.1) is 11.8 Å². The highest BCUT2D eigenvalue weighted by Gasteiger charge is 2.00. The Morgan fingerprint density at radius 2 is 2.08 bits per heavy atom. The Labute approximate surface area is 83.6 Å². The van der Waals surface area contributed by atoms with Crippen molar-refractivity contribution >= 4 is 11.8 Å². The first kappa shape index (κ1) is 10.4. The van der Waals surface area contributed by atoms with Gasteiger partial charge in [-0.3, -0.25) is 0 Å². The van der Waals surface area contributed by atoms with Gasteiger partial charge in [-0.25, -0.2) is 0 Å². The highest BCUT2D eigenvalue weighted by molar-refractivity contribution is 7.99. The Morgan fingerprint density at radius 3 is 2.62 bits per heavy atom. The van der Waals surface area contributed by atoms with Crippen LogP contribution in [0, 0.1) is 11.1 Å². The molecule has 0 fully saturated rings. The molecule has 0 saturated heterocycles. The second-order valence-electron chi connectivity index (χ2n) is 3.22. The van der Waals surface area contributed by atoms with E-state index in [1.54, 1.807) is 12.4 Å². The molecule has 0 amide bonds. The molecule has 0 spiro atoms. The lowest BCUT2D eigenvalue weighted by molar-refractivity contribution is -0.605. The van der Waals surface area contributed by atoms with Gasteiger partial charge in [0.25, 0.3) is 0 Å². The highest BCUT2D eigenvalue weighted by atomic mass is 32.2. The van der Waals surface area contributed by atoms with Crippen molar-refractivity contribution in [2.75, 3.05) is 5.75 Å². The second-order valence-corrected chi connectivity index (χ2v) is 4.31. The van der Waals surface area contributed by atoms with Gasteiger partial charge < -0.3 is 5.21 Å². The van der Waals surface area contributed by atoms with Gasteiger partial charge in [0.15, 0.2) is 12.4 Å². The first-order valence-electron chi connectivity index (χ1n) is 4.54. The Bertz CT molecular complexity index is 248. The standard InChI is InChI=1S/C10H15NOS/c1-3-9(2)8-13-10-4-6-11(12)7-5-10/h4-7,9H,3,8H2,1-2H3/t9-/m1/s1. The van der Waals surface area contributed by atoms with Crippen molar-refractivity contribution in [3.8, 4) is 0 Å². The van der Waals surface area contributed by atoms with E-state index in [2.05, 4.69) is 13.8 Å². The smallest absolute Gasteiger partial charge is 0.181 e. The lowest BCUT2D eigenvalue weighted by atomic mass is 10.2. The van der Waals surface area contributed by atoms with Gasteiger partial charge in [-0.2, -0.15) is 4.73 Å². The molecule has 0 aromatic carbocycles. The van der Waals surface area contributed by atoms with Crippen molar-refractivity contribution in [1.82, 2.24) is 0 Å². The van der Waals surface area contributed by atoms with Crippen molar-refractivity contribution in [1.29, 1.82) is 0 Å². The number of pyridine rings is 1. The number of nitrogens with zero attached hydrogens (tertiary/aromatic N) is 1. The zero-order chi connectivity index (χ0) is 9.68. The number of hydrogen-bond acceptors (Lipinski definition) is 2. The van der Waals surface area contributed by atoms with Gasteiger partial charge >= 0.3 is 0 Å². The molecular formula is C10H15NOS. The number of aromatic nitrogens is 1. The summed E-state index contributed by atoms with van der Waals surface area (Å²) in [6.07, 6.45) is 4.29. The predicted octanol–water partition coefficient (Wildman–Crippen LogP) is 2.46. The van der Waals surface area contributed by atoms with E-state index in [1.165, 1.54) is 11.3 Å². The van der Waals surface area contributed by atoms with E-state index in [1.807, 2.05) is 23.9 Å². The van der Waals surface area contributed by atoms with Crippen LogP contribution in [0.4, 0.5) is 0 Å². The molecule has 3 heteroatoms. The van der Waals surface area contributed by atoms with Crippen LogP contribution in [0.1, 0.15) is 20.3 Å². The van der Waals surface area contributed by atoms with Crippen LogP contribution < -0.4 is 4.73 Å². The van der Waals surface area contributed by atoms with E-state index in [4.69, 9.17) is 0 Å². The maximum absolute atomic E-state index is 10.7. The fourth-order valence-electron chi connectivity index (χ4n) is 0.852. The molecule has 0 saturated carbocycles. The monoisotopic (exact) mass is 197 g/mol. The highest BCUT2D eigenvalue weighted by Crippen LogP contribution is 2.20. The maximum atomic E-state index is 10.7. The normalized spacial score (nSPS) is 12.8. The predicted molar refractivity (Wildman–Crippen MR) is 55.6 cm³/mol. The molecule has 1 rings (SSSR count). The third kappa shape index (κ3) is 3.68. The van der Waals surface area contributed by atoms with Gasteiger partial charge in [0.05, 0.1) is 0 Å². The molecule has 1 aromatic heterocycles. The molecular weight excluding hydrogens is 182 g/mol. The van der Waals surface area contributed by atoms with Crippen LogP contribution in [0.5, 0.6) is 0 Å². The van der Waals surface area contributed by atoms with E-state index < -0.39 is 0 Å². The van der Waals surface area contributed by atoms with Crippen molar-refractivity contribution in [3.63, 3.8) is 0 Å². The van der Waals surface area contributed by atoms with Crippen LogP contribution in [0.25, 0.3) is 0 Å². The summed E-state index contributed by atoms with van der Waals surface area (Å²) in [7, 11) is 0. The Morgan fingerprint density at radius 1 is 1.46 bits per heavy atom. The number of hydrogen-bond donors (Lipinski definition) is 0. The van der Waals surface area contributed by atoms with Crippen LogP contribution in [0.3, 0.4) is 0 Å². The third-order valence-corrected chi connectivity index (χ3v) is 3.34. The zero-order valence-electron chi connectivity index (χ0n) is 8.06. The van der Waals surface area contributed by atoms with E-state index >= 15 is 0 Å². The van der Waals surface area contributed by atoms with Gasteiger partial charge in [0.2, 0.25) is 0 Å². The average Bonchev–Trinajstić information content (AvgIpc) is 2.16.